The zero-order chi connectivity index (χ0) is 14.0. The third-order valence-electron chi connectivity index (χ3n) is 2.34. The van der Waals surface area contributed by atoms with Gasteiger partial charge in [-0.15, -0.1) is 0 Å². The summed E-state index contributed by atoms with van der Waals surface area (Å²) in [6.07, 6.45) is 2.91. The van der Waals surface area contributed by atoms with Gasteiger partial charge >= 0.3 is 0 Å². The smallest absolute Gasteiger partial charge is 0.257 e. The Balaban J connectivity index is 2.32. The Bertz CT molecular complexity index is 626. The van der Waals surface area contributed by atoms with Crippen LogP contribution in [0.15, 0.2) is 39.5 Å². The highest BCUT2D eigenvalue weighted by Crippen LogP contribution is 2.33. The molecule has 0 atom stereocenters. The number of rotatable bonds is 2. The van der Waals surface area contributed by atoms with Crippen LogP contribution in [0.3, 0.4) is 0 Å². The summed E-state index contributed by atoms with van der Waals surface area (Å²) in [6.45, 7) is 0. The molecule has 4 nitrogen and oxygen atoms in total. The monoisotopic (exact) mass is 403 g/mol. The maximum absolute atomic E-state index is 12.1. The van der Waals surface area contributed by atoms with Crippen LogP contribution in [0.1, 0.15) is 10.4 Å². The van der Waals surface area contributed by atoms with E-state index in [2.05, 4.69) is 42.2 Å². The Hall–Kier alpha value is -1.11. The summed E-state index contributed by atoms with van der Waals surface area (Å²) in [5, 5.41) is 3.00. The van der Waals surface area contributed by atoms with E-state index in [-0.39, 0.29) is 10.9 Å². The van der Waals surface area contributed by atoms with Crippen molar-refractivity contribution in [3.63, 3.8) is 0 Å². The molecule has 0 aliphatic rings. The number of benzene rings is 1. The molecule has 7 heteroatoms. The van der Waals surface area contributed by atoms with Crippen molar-refractivity contribution in [1.29, 1.82) is 0 Å². The van der Waals surface area contributed by atoms with Crippen LogP contribution < -0.4 is 11.1 Å². The molecule has 0 unspecified atom stereocenters. The lowest BCUT2D eigenvalue weighted by Gasteiger charge is -2.11. The Labute approximate surface area is 131 Å². The predicted molar refractivity (Wildman–Crippen MR) is 83.5 cm³/mol. The highest BCUT2D eigenvalue weighted by Gasteiger charge is 2.14. The van der Waals surface area contributed by atoms with Crippen LogP contribution in [0.4, 0.5) is 11.4 Å². The van der Waals surface area contributed by atoms with Crippen molar-refractivity contribution >= 4 is 60.7 Å². The minimum absolute atomic E-state index is 0.284. The third kappa shape index (κ3) is 3.26. The number of halogens is 3. The van der Waals surface area contributed by atoms with Gasteiger partial charge in [0.1, 0.15) is 0 Å². The number of carbonyl (C=O) groups is 1. The van der Waals surface area contributed by atoms with Gasteiger partial charge in [-0.2, -0.15) is 0 Å². The SMILES string of the molecule is Nc1cc(Br)cc(Br)c1NC(=O)c1ccncc1Cl. The second-order valence-electron chi connectivity index (χ2n) is 3.66. The first kappa shape index (κ1) is 14.3. The number of carbonyl (C=O) groups excluding carboxylic acids is 1. The van der Waals surface area contributed by atoms with Crippen LogP contribution in [0.2, 0.25) is 5.02 Å². The van der Waals surface area contributed by atoms with Gasteiger partial charge in [0.2, 0.25) is 0 Å². The molecule has 0 fully saturated rings. The molecule has 3 N–H and O–H groups in total. The highest BCUT2D eigenvalue weighted by atomic mass is 79.9. The zero-order valence-corrected chi connectivity index (χ0v) is 13.4. The van der Waals surface area contributed by atoms with Crippen molar-refractivity contribution < 1.29 is 4.79 Å². The van der Waals surface area contributed by atoms with Gasteiger partial charge in [0.15, 0.2) is 0 Å². The number of nitrogens with two attached hydrogens (primary N) is 1. The fourth-order valence-electron chi connectivity index (χ4n) is 1.47. The lowest BCUT2D eigenvalue weighted by Crippen LogP contribution is -2.14. The van der Waals surface area contributed by atoms with Crippen LogP contribution in [0, 0.1) is 0 Å². The molecule has 2 aromatic rings. The van der Waals surface area contributed by atoms with E-state index in [1.165, 1.54) is 12.4 Å². The van der Waals surface area contributed by atoms with E-state index < -0.39 is 0 Å². The lowest BCUT2D eigenvalue weighted by atomic mass is 10.2. The molecule has 1 aromatic heterocycles. The van der Waals surface area contributed by atoms with Crippen molar-refractivity contribution in [2.24, 2.45) is 0 Å². The predicted octanol–water partition coefficient (Wildman–Crippen LogP) is 4.09. The van der Waals surface area contributed by atoms with Crippen LogP contribution in [0.5, 0.6) is 0 Å². The molecular weight excluding hydrogens is 397 g/mol. The minimum atomic E-state index is -0.345. The molecule has 0 radical (unpaired) electrons. The molecule has 1 aromatic carbocycles. The van der Waals surface area contributed by atoms with E-state index in [1.807, 2.05) is 0 Å². The van der Waals surface area contributed by atoms with E-state index in [4.69, 9.17) is 17.3 Å². The molecule has 0 aliphatic carbocycles. The molecule has 0 spiro atoms. The average molecular weight is 405 g/mol. The highest BCUT2D eigenvalue weighted by molar-refractivity contribution is 9.11. The first-order valence-electron chi connectivity index (χ1n) is 5.14. The minimum Gasteiger partial charge on any atom is -0.397 e. The summed E-state index contributed by atoms with van der Waals surface area (Å²) in [6, 6.07) is 5.04. The number of hydrogen-bond acceptors (Lipinski definition) is 3. The van der Waals surface area contributed by atoms with Gasteiger partial charge in [-0.25, -0.2) is 0 Å². The summed E-state index contributed by atoms with van der Waals surface area (Å²) in [5.74, 6) is -0.345. The lowest BCUT2D eigenvalue weighted by molar-refractivity contribution is 0.102. The van der Waals surface area contributed by atoms with Gasteiger partial charge in [-0.05, 0) is 34.1 Å². The molecule has 0 saturated carbocycles. The third-order valence-corrected chi connectivity index (χ3v) is 3.73. The number of nitrogens with one attached hydrogen (secondary N) is 1. The molecule has 0 saturated heterocycles. The van der Waals surface area contributed by atoms with E-state index >= 15 is 0 Å². The summed E-state index contributed by atoms with van der Waals surface area (Å²) in [4.78, 5) is 15.9. The van der Waals surface area contributed by atoms with Crippen LogP contribution in [-0.4, -0.2) is 10.9 Å². The molecule has 19 heavy (non-hydrogen) atoms. The van der Waals surface area contributed by atoms with Gasteiger partial charge in [0.05, 0.1) is 22.0 Å². The van der Waals surface area contributed by atoms with Crippen molar-refractivity contribution in [2.75, 3.05) is 11.1 Å². The standard InChI is InChI=1S/C12H8Br2ClN3O/c13-6-3-8(14)11(10(16)4-6)18-12(19)7-1-2-17-5-9(7)15/h1-5H,16H2,(H,18,19). The van der Waals surface area contributed by atoms with Crippen LogP contribution >= 0.6 is 43.5 Å². The Morgan fingerprint density at radius 2 is 2.11 bits per heavy atom. The van der Waals surface area contributed by atoms with Crippen LogP contribution in [-0.2, 0) is 0 Å². The molecule has 0 bridgehead atoms. The summed E-state index contributed by atoms with van der Waals surface area (Å²) in [5.41, 5.74) is 7.15. The molecular formula is C12H8Br2ClN3O. The summed E-state index contributed by atoms with van der Waals surface area (Å²) >= 11 is 12.6. The second kappa shape index (κ2) is 5.90. The largest absolute Gasteiger partial charge is 0.397 e. The quantitative estimate of drug-likeness (QED) is 0.740. The molecule has 1 amide bonds. The molecule has 2 rings (SSSR count). The maximum Gasteiger partial charge on any atom is 0.257 e. The summed E-state index contributed by atoms with van der Waals surface area (Å²) in [7, 11) is 0. The number of amides is 1. The normalized spacial score (nSPS) is 10.3. The van der Waals surface area contributed by atoms with Gasteiger partial charge in [-0.1, -0.05) is 27.5 Å². The van der Waals surface area contributed by atoms with Crippen molar-refractivity contribution in [3.05, 3.63) is 50.1 Å². The van der Waals surface area contributed by atoms with E-state index in [0.29, 0.717) is 21.4 Å². The number of pyridine rings is 1. The van der Waals surface area contributed by atoms with Gasteiger partial charge in [0.25, 0.3) is 5.91 Å². The number of hydrogen-bond donors (Lipinski definition) is 2. The fraction of sp³-hybridized carbons (Fsp3) is 0. The van der Waals surface area contributed by atoms with Gasteiger partial charge < -0.3 is 11.1 Å². The van der Waals surface area contributed by atoms with Crippen molar-refractivity contribution in [3.8, 4) is 0 Å². The number of anilines is 2. The Morgan fingerprint density at radius 1 is 1.37 bits per heavy atom. The molecule has 0 aliphatic heterocycles. The van der Waals surface area contributed by atoms with Crippen LogP contribution in [0.25, 0.3) is 0 Å². The second-order valence-corrected chi connectivity index (χ2v) is 5.84. The average Bonchev–Trinajstić information content (AvgIpc) is 2.34. The molecule has 1 heterocycles. The molecule has 98 valence electrons. The Morgan fingerprint density at radius 3 is 2.74 bits per heavy atom. The first-order valence-corrected chi connectivity index (χ1v) is 7.11. The topological polar surface area (TPSA) is 68.0 Å². The maximum atomic E-state index is 12.1. The van der Waals surface area contributed by atoms with Crippen molar-refractivity contribution in [2.45, 2.75) is 0 Å². The number of aromatic nitrogens is 1. The number of nitrogen functional groups attached to an aromatic ring is 1. The zero-order valence-electron chi connectivity index (χ0n) is 9.45. The van der Waals surface area contributed by atoms with E-state index in [0.717, 1.165) is 4.47 Å². The van der Waals surface area contributed by atoms with Gasteiger partial charge in [-0.3, -0.25) is 9.78 Å². The van der Waals surface area contributed by atoms with E-state index in [1.54, 1.807) is 18.2 Å². The van der Waals surface area contributed by atoms with Gasteiger partial charge in [0, 0.05) is 21.3 Å². The Kier molecular flexibility index (Phi) is 4.44. The number of nitrogens with zero attached hydrogens (tertiary/aromatic N) is 1. The van der Waals surface area contributed by atoms with E-state index in [9.17, 15) is 4.79 Å². The summed E-state index contributed by atoms with van der Waals surface area (Å²) < 4.78 is 1.50. The van der Waals surface area contributed by atoms with Crippen molar-refractivity contribution in [1.82, 2.24) is 4.98 Å². The first-order chi connectivity index (χ1) is 8.99. The fourth-order valence-corrected chi connectivity index (χ4v) is 3.03.